The second-order valence-electron chi connectivity index (χ2n) is 4.30. The molecule has 5 nitrogen and oxygen atoms in total. The second kappa shape index (κ2) is 7.74. The predicted molar refractivity (Wildman–Crippen MR) is 66.7 cm³/mol. The molecule has 1 N–H and O–H groups in total. The van der Waals surface area contributed by atoms with Crippen LogP contribution in [0.2, 0.25) is 0 Å². The molecule has 0 saturated heterocycles. The summed E-state index contributed by atoms with van der Waals surface area (Å²) >= 11 is 0. The van der Waals surface area contributed by atoms with Crippen LogP contribution >= 0.6 is 0 Å². The zero-order chi connectivity index (χ0) is 13.4. The Labute approximate surface area is 108 Å². The predicted octanol–water partition coefficient (Wildman–Crippen LogP) is 1.53. The first-order valence-corrected chi connectivity index (χ1v) is 6.38. The lowest BCUT2D eigenvalue weighted by Crippen LogP contribution is -2.38. The molecule has 1 aliphatic heterocycles. The van der Waals surface area contributed by atoms with Crippen molar-refractivity contribution in [2.75, 3.05) is 13.7 Å². The number of hydrogen-bond donors (Lipinski definition) is 1. The van der Waals surface area contributed by atoms with Crippen LogP contribution in [-0.4, -0.2) is 31.6 Å². The van der Waals surface area contributed by atoms with E-state index < -0.39 is 0 Å². The minimum Gasteiger partial charge on any atom is -0.488 e. The zero-order valence-electron chi connectivity index (χ0n) is 11.0. The van der Waals surface area contributed by atoms with Crippen LogP contribution < -0.4 is 5.32 Å². The van der Waals surface area contributed by atoms with E-state index in [0.717, 1.165) is 25.7 Å². The van der Waals surface area contributed by atoms with E-state index in [-0.39, 0.29) is 24.3 Å². The number of carbonyl (C=O) groups is 2. The van der Waals surface area contributed by atoms with Crippen LogP contribution in [0, 0.1) is 0 Å². The molecule has 0 aromatic rings. The number of hydrogen-bond acceptors (Lipinski definition) is 4. The van der Waals surface area contributed by atoms with E-state index in [2.05, 4.69) is 10.1 Å². The summed E-state index contributed by atoms with van der Waals surface area (Å²) < 4.78 is 9.90. The molecule has 18 heavy (non-hydrogen) atoms. The van der Waals surface area contributed by atoms with Gasteiger partial charge in [-0.1, -0.05) is 13.3 Å². The Bertz CT molecular complexity index is 325. The zero-order valence-corrected chi connectivity index (χ0v) is 11.0. The molecule has 102 valence electrons. The lowest BCUT2D eigenvalue weighted by Gasteiger charge is -2.19. The standard InChI is InChI=1S/C13H21NO4/c1-3-6-10(9-12(15)17-2)14-13(16)11-7-4-5-8-18-11/h7,10H,3-6,8-9H2,1-2H3,(H,14,16)/t10-/m0/s1. The van der Waals surface area contributed by atoms with Gasteiger partial charge in [0.2, 0.25) is 0 Å². The molecule has 0 bridgehead atoms. The van der Waals surface area contributed by atoms with Gasteiger partial charge in [-0.2, -0.15) is 0 Å². The third-order valence-electron chi connectivity index (χ3n) is 2.77. The second-order valence-corrected chi connectivity index (χ2v) is 4.30. The van der Waals surface area contributed by atoms with Crippen molar-refractivity contribution in [2.24, 2.45) is 0 Å². The Morgan fingerprint density at radius 1 is 1.56 bits per heavy atom. The maximum atomic E-state index is 11.9. The van der Waals surface area contributed by atoms with E-state index in [4.69, 9.17) is 4.74 Å². The normalized spacial score (nSPS) is 16.2. The summed E-state index contributed by atoms with van der Waals surface area (Å²) in [6.45, 7) is 2.58. The molecule has 0 aromatic heterocycles. The van der Waals surface area contributed by atoms with Crippen molar-refractivity contribution >= 4 is 11.9 Å². The van der Waals surface area contributed by atoms with Crippen molar-refractivity contribution in [2.45, 2.75) is 45.1 Å². The number of nitrogens with one attached hydrogen (secondary N) is 1. The van der Waals surface area contributed by atoms with E-state index in [1.165, 1.54) is 7.11 Å². The highest BCUT2D eigenvalue weighted by Gasteiger charge is 2.20. The van der Waals surface area contributed by atoms with Crippen LogP contribution in [0.15, 0.2) is 11.8 Å². The van der Waals surface area contributed by atoms with Gasteiger partial charge in [-0.25, -0.2) is 0 Å². The first-order valence-electron chi connectivity index (χ1n) is 6.38. The van der Waals surface area contributed by atoms with Gasteiger partial charge in [0.15, 0.2) is 5.76 Å². The molecule has 0 saturated carbocycles. The Balaban J connectivity index is 2.51. The van der Waals surface area contributed by atoms with E-state index >= 15 is 0 Å². The average Bonchev–Trinajstić information content (AvgIpc) is 2.39. The number of amides is 1. The molecule has 0 spiro atoms. The smallest absolute Gasteiger partial charge is 0.307 e. The van der Waals surface area contributed by atoms with Crippen molar-refractivity contribution in [1.29, 1.82) is 0 Å². The van der Waals surface area contributed by atoms with Gasteiger partial charge >= 0.3 is 5.97 Å². The first-order chi connectivity index (χ1) is 8.67. The van der Waals surface area contributed by atoms with E-state index in [9.17, 15) is 9.59 Å². The molecular formula is C13H21NO4. The first kappa shape index (κ1) is 14.5. The maximum absolute atomic E-state index is 11.9. The molecule has 1 rings (SSSR count). The summed E-state index contributed by atoms with van der Waals surface area (Å²) in [6, 6.07) is -0.193. The van der Waals surface area contributed by atoms with E-state index in [1.807, 2.05) is 6.92 Å². The highest BCUT2D eigenvalue weighted by atomic mass is 16.5. The fraction of sp³-hybridized carbons (Fsp3) is 0.692. The molecule has 0 aliphatic carbocycles. The lowest BCUT2D eigenvalue weighted by molar-refractivity contribution is -0.141. The largest absolute Gasteiger partial charge is 0.488 e. The van der Waals surface area contributed by atoms with Gasteiger partial charge in [0, 0.05) is 6.04 Å². The average molecular weight is 255 g/mol. The molecule has 1 amide bonds. The number of esters is 1. The van der Waals surface area contributed by atoms with E-state index in [1.54, 1.807) is 6.08 Å². The molecule has 5 heteroatoms. The quantitative estimate of drug-likeness (QED) is 0.731. The molecular weight excluding hydrogens is 234 g/mol. The summed E-state index contributed by atoms with van der Waals surface area (Å²) in [5.74, 6) is -0.184. The van der Waals surface area contributed by atoms with Crippen molar-refractivity contribution in [3.05, 3.63) is 11.8 Å². The Morgan fingerprint density at radius 3 is 2.89 bits per heavy atom. The van der Waals surface area contributed by atoms with Gasteiger partial charge in [0.05, 0.1) is 20.1 Å². The highest BCUT2D eigenvalue weighted by molar-refractivity contribution is 5.92. The molecule has 1 aliphatic rings. The summed E-state index contributed by atoms with van der Waals surface area (Å²) in [6.07, 6.45) is 5.43. The van der Waals surface area contributed by atoms with Crippen LogP contribution in [-0.2, 0) is 19.1 Å². The van der Waals surface area contributed by atoms with Gasteiger partial charge in [-0.05, 0) is 25.3 Å². The number of allylic oxidation sites excluding steroid dienone is 1. The summed E-state index contributed by atoms with van der Waals surface area (Å²) in [5.41, 5.74) is 0. The SMILES string of the molecule is CCC[C@@H](CC(=O)OC)NC(=O)C1=CCCCO1. The molecule has 0 aromatic carbocycles. The third-order valence-corrected chi connectivity index (χ3v) is 2.77. The molecule has 1 atom stereocenters. The number of carbonyl (C=O) groups excluding carboxylic acids is 2. The van der Waals surface area contributed by atoms with Crippen LogP contribution in [0.25, 0.3) is 0 Å². The van der Waals surface area contributed by atoms with Gasteiger partial charge in [0.25, 0.3) is 5.91 Å². The fourth-order valence-corrected chi connectivity index (χ4v) is 1.83. The lowest BCUT2D eigenvalue weighted by atomic mass is 10.1. The third kappa shape index (κ3) is 4.77. The van der Waals surface area contributed by atoms with Gasteiger partial charge < -0.3 is 14.8 Å². The van der Waals surface area contributed by atoms with Crippen LogP contribution in [0.1, 0.15) is 39.0 Å². The Hall–Kier alpha value is -1.52. The van der Waals surface area contributed by atoms with Gasteiger partial charge in [0.1, 0.15) is 0 Å². The highest BCUT2D eigenvalue weighted by Crippen LogP contribution is 2.11. The van der Waals surface area contributed by atoms with Gasteiger partial charge in [-0.15, -0.1) is 0 Å². The number of ether oxygens (including phenoxy) is 2. The van der Waals surface area contributed by atoms with Crippen LogP contribution in [0.5, 0.6) is 0 Å². The fourth-order valence-electron chi connectivity index (χ4n) is 1.83. The minimum absolute atomic E-state index is 0.193. The van der Waals surface area contributed by atoms with Crippen molar-refractivity contribution in [1.82, 2.24) is 5.32 Å². The summed E-state index contributed by atoms with van der Waals surface area (Å²) in [7, 11) is 1.35. The summed E-state index contributed by atoms with van der Waals surface area (Å²) in [5, 5.41) is 2.82. The maximum Gasteiger partial charge on any atom is 0.307 e. The molecule has 0 radical (unpaired) electrons. The van der Waals surface area contributed by atoms with Crippen molar-refractivity contribution in [3.63, 3.8) is 0 Å². The van der Waals surface area contributed by atoms with Crippen LogP contribution in [0.4, 0.5) is 0 Å². The molecule has 1 heterocycles. The topological polar surface area (TPSA) is 64.6 Å². The van der Waals surface area contributed by atoms with Gasteiger partial charge in [-0.3, -0.25) is 9.59 Å². The Morgan fingerprint density at radius 2 is 2.33 bits per heavy atom. The summed E-state index contributed by atoms with van der Waals surface area (Å²) in [4.78, 5) is 23.1. The number of rotatable bonds is 6. The Kier molecular flexibility index (Phi) is 6.25. The van der Waals surface area contributed by atoms with Crippen LogP contribution in [0.3, 0.4) is 0 Å². The van der Waals surface area contributed by atoms with E-state index in [0.29, 0.717) is 12.4 Å². The molecule has 0 unspecified atom stereocenters. The number of methoxy groups -OCH3 is 1. The van der Waals surface area contributed by atoms with Crippen molar-refractivity contribution in [3.8, 4) is 0 Å². The van der Waals surface area contributed by atoms with Crippen molar-refractivity contribution < 1.29 is 19.1 Å². The minimum atomic E-state index is -0.313. The monoisotopic (exact) mass is 255 g/mol. The molecule has 0 fully saturated rings.